The number of benzene rings is 2. The minimum absolute atomic E-state index is 0.0849. The molecule has 1 N–H and O–H groups in total. The second kappa shape index (κ2) is 9.31. The molecule has 4 rings (SSSR count). The summed E-state index contributed by atoms with van der Waals surface area (Å²) in [7, 11) is 0. The van der Waals surface area contributed by atoms with Gasteiger partial charge >= 0.3 is 0 Å². The first-order valence-corrected chi connectivity index (χ1v) is 10.7. The third kappa shape index (κ3) is 4.91. The highest BCUT2D eigenvalue weighted by atomic mass is 16.5. The number of rotatable bonds is 7. The SMILES string of the molecule is Cc1cccc(N2CCN(CCCCNC(=O)C3COc4ccccc43)CC2)c1. The van der Waals surface area contributed by atoms with Gasteiger partial charge < -0.3 is 15.0 Å². The van der Waals surface area contributed by atoms with Crippen LogP contribution >= 0.6 is 0 Å². The molecule has 1 atom stereocenters. The molecule has 0 aromatic heterocycles. The Hall–Kier alpha value is -2.53. The van der Waals surface area contributed by atoms with Gasteiger partial charge in [-0.25, -0.2) is 0 Å². The standard InChI is InChI=1S/C24H31N3O2/c1-19-7-6-8-20(17-19)27-15-13-26(14-16-27)12-5-4-11-25-24(28)22-18-29-23-10-3-2-9-21(22)23/h2-3,6-10,17,22H,4-5,11-16,18H2,1H3,(H,25,28). The molecule has 2 aromatic rings. The van der Waals surface area contributed by atoms with Crippen LogP contribution in [0.2, 0.25) is 0 Å². The van der Waals surface area contributed by atoms with E-state index in [2.05, 4.69) is 46.3 Å². The number of nitrogens with zero attached hydrogens (tertiary/aromatic N) is 2. The van der Waals surface area contributed by atoms with Crippen LogP contribution in [-0.2, 0) is 4.79 Å². The van der Waals surface area contributed by atoms with Gasteiger partial charge in [0.2, 0.25) is 5.91 Å². The van der Waals surface area contributed by atoms with Crippen LogP contribution in [0.3, 0.4) is 0 Å². The van der Waals surface area contributed by atoms with Gasteiger partial charge in [0.15, 0.2) is 0 Å². The molecule has 0 aliphatic carbocycles. The van der Waals surface area contributed by atoms with E-state index in [0.717, 1.165) is 63.4 Å². The molecule has 1 amide bonds. The lowest BCUT2D eigenvalue weighted by Crippen LogP contribution is -2.46. The van der Waals surface area contributed by atoms with Crippen molar-refractivity contribution in [1.82, 2.24) is 10.2 Å². The molecule has 1 fully saturated rings. The van der Waals surface area contributed by atoms with E-state index in [1.807, 2.05) is 24.3 Å². The molecule has 0 saturated carbocycles. The van der Waals surface area contributed by atoms with Crippen molar-refractivity contribution < 1.29 is 9.53 Å². The molecule has 2 heterocycles. The summed E-state index contributed by atoms with van der Waals surface area (Å²) in [6.07, 6.45) is 2.13. The average molecular weight is 394 g/mol. The van der Waals surface area contributed by atoms with Gasteiger partial charge in [-0.05, 0) is 50.1 Å². The van der Waals surface area contributed by atoms with Crippen molar-refractivity contribution in [3.05, 3.63) is 59.7 Å². The topological polar surface area (TPSA) is 44.8 Å². The molecule has 2 aliphatic rings. The summed E-state index contributed by atoms with van der Waals surface area (Å²) in [5.74, 6) is 0.764. The summed E-state index contributed by atoms with van der Waals surface area (Å²) in [6.45, 7) is 8.83. The Morgan fingerprint density at radius 3 is 2.72 bits per heavy atom. The highest BCUT2D eigenvalue weighted by molar-refractivity contribution is 5.85. The predicted octanol–water partition coefficient (Wildman–Crippen LogP) is 3.19. The molecule has 0 radical (unpaired) electrons. The van der Waals surface area contributed by atoms with E-state index < -0.39 is 0 Å². The number of nitrogens with one attached hydrogen (secondary N) is 1. The fourth-order valence-corrected chi connectivity index (χ4v) is 4.23. The van der Waals surface area contributed by atoms with Crippen LogP contribution in [0.15, 0.2) is 48.5 Å². The van der Waals surface area contributed by atoms with Crippen molar-refractivity contribution in [3.63, 3.8) is 0 Å². The second-order valence-electron chi connectivity index (χ2n) is 8.07. The summed E-state index contributed by atoms with van der Waals surface area (Å²) in [4.78, 5) is 17.5. The van der Waals surface area contributed by atoms with E-state index in [9.17, 15) is 4.79 Å². The van der Waals surface area contributed by atoms with Crippen LogP contribution in [0, 0.1) is 6.92 Å². The minimum atomic E-state index is -0.166. The Labute approximate surface area is 173 Å². The zero-order chi connectivity index (χ0) is 20.1. The molecule has 1 saturated heterocycles. The maximum Gasteiger partial charge on any atom is 0.231 e. The van der Waals surface area contributed by atoms with Crippen LogP contribution in [-0.4, -0.2) is 56.7 Å². The number of carbonyl (C=O) groups excluding carboxylic acids is 1. The van der Waals surface area contributed by atoms with Gasteiger partial charge in [-0.1, -0.05) is 30.3 Å². The van der Waals surface area contributed by atoms with Crippen molar-refractivity contribution >= 4 is 11.6 Å². The Kier molecular flexibility index (Phi) is 6.35. The van der Waals surface area contributed by atoms with E-state index in [-0.39, 0.29) is 11.8 Å². The number of unbranched alkanes of at least 4 members (excludes halogenated alkanes) is 1. The summed E-state index contributed by atoms with van der Waals surface area (Å²) < 4.78 is 5.61. The second-order valence-corrected chi connectivity index (χ2v) is 8.07. The zero-order valence-electron chi connectivity index (χ0n) is 17.3. The van der Waals surface area contributed by atoms with Gasteiger partial charge in [-0.15, -0.1) is 0 Å². The molecule has 2 aromatic carbocycles. The van der Waals surface area contributed by atoms with Crippen LogP contribution in [0.5, 0.6) is 5.75 Å². The molecule has 5 heteroatoms. The minimum Gasteiger partial charge on any atom is -0.492 e. The number of para-hydroxylation sites is 1. The smallest absolute Gasteiger partial charge is 0.231 e. The van der Waals surface area contributed by atoms with E-state index in [1.54, 1.807) is 0 Å². The number of piperazine rings is 1. The van der Waals surface area contributed by atoms with Crippen LogP contribution in [0.1, 0.15) is 29.9 Å². The average Bonchev–Trinajstić information content (AvgIpc) is 3.18. The Bertz CT molecular complexity index is 830. The molecule has 0 spiro atoms. The maximum atomic E-state index is 12.5. The third-order valence-corrected chi connectivity index (χ3v) is 5.96. The summed E-state index contributed by atoms with van der Waals surface area (Å²) >= 11 is 0. The van der Waals surface area contributed by atoms with E-state index in [0.29, 0.717) is 6.61 Å². The monoisotopic (exact) mass is 393 g/mol. The maximum absolute atomic E-state index is 12.5. The number of aryl methyl sites for hydroxylation is 1. The van der Waals surface area contributed by atoms with Gasteiger partial charge in [0, 0.05) is 44.0 Å². The number of carbonyl (C=O) groups is 1. The quantitative estimate of drug-likeness (QED) is 0.734. The summed E-state index contributed by atoms with van der Waals surface area (Å²) in [6, 6.07) is 16.6. The van der Waals surface area contributed by atoms with Crippen LogP contribution in [0.25, 0.3) is 0 Å². The van der Waals surface area contributed by atoms with Gasteiger partial charge in [0.05, 0.1) is 0 Å². The third-order valence-electron chi connectivity index (χ3n) is 5.96. The van der Waals surface area contributed by atoms with Crippen molar-refractivity contribution in [2.24, 2.45) is 0 Å². The van der Waals surface area contributed by atoms with Crippen molar-refractivity contribution in [2.45, 2.75) is 25.7 Å². The van der Waals surface area contributed by atoms with Crippen molar-refractivity contribution in [1.29, 1.82) is 0 Å². The Morgan fingerprint density at radius 1 is 1.07 bits per heavy atom. The highest BCUT2D eigenvalue weighted by Crippen LogP contribution is 2.33. The lowest BCUT2D eigenvalue weighted by atomic mass is 10.0. The Balaban J connectivity index is 1.12. The molecule has 154 valence electrons. The number of anilines is 1. The summed E-state index contributed by atoms with van der Waals surface area (Å²) in [5, 5.41) is 3.09. The molecular weight excluding hydrogens is 362 g/mol. The number of ether oxygens (including phenoxy) is 1. The largest absolute Gasteiger partial charge is 0.492 e. The van der Waals surface area contributed by atoms with Crippen LogP contribution < -0.4 is 15.0 Å². The molecular formula is C24H31N3O2. The number of hydrogen-bond donors (Lipinski definition) is 1. The van der Waals surface area contributed by atoms with Gasteiger partial charge in [-0.2, -0.15) is 0 Å². The summed E-state index contributed by atoms with van der Waals surface area (Å²) in [5.41, 5.74) is 3.67. The van der Waals surface area contributed by atoms with Gasteiger partial charge in [-0.3, -0.25) is 9.69 Å². The lowest BCUT2D eigenvalue weighted by molar-refractivity contribution is -0.122. The first-order chi connectivity index (χ1) is 14.2. The molecule has 2 aliphatic heterocycles. The fourth-order valence-electron chi connectivity index (χ4n) is 4.23. The fraction of sp³-hybridized carbons (Fsp3) is 0.458. The van der Waals surface area contributed by atoms with Crippen molar-refractivity contribution in [3.8, 4) is 5.75 Å². The first-order valence-electron chi connectivity index (χ1n) is 10.7. The zero-order valence-corrected chi connectivity index (χ0v) is 17.3. The Morgan fingerprint density at radius 2 is 1.90 bits per heavy atom. The molecule has 29 heavy (non-hydrogen) atoms. The van der Waals surface area contributed by atoms with Crippen molar-refractivity contribution in [2.75, 3.05) is 50.8 Å². The van der Waals surface area contributed by atoms with Gasteiger partial charge in [0.1, 0.15) is 18.3 Å². The predicted molar refractivity (Wildman–Crippen MR) is 117 cm³/mol. The first kappa shape index (κ1) is 19.8. The number of fused-ring (bicyclic) bond motifs is 1. The van der Waals surface area contributed by atoms with Gasteiger partial charge in [0.25, 0.3) is 0 Å². The molecule has 0 bridgehead atoms. The van der Waals surface area contributed by atoms with Crippen LogP contribution in [0.4, 0.5) is 5.69 Å². The van der Waals surface area contributed by atoms with E-state index in [1.165, 1.54) is 11.3 Å². The normalized spacial score (nSPS) is 18.9. The lowest BCUT2D eigenvalue weighted by Gasteiger charge is -2.36. The number of hydrogen-bond acceptors (Lipinski definition) is 4. The van der Waals surface area contributed by atoms with E-state index >= 15 is 0 Å². The number of amides is 1. The molecule has 5 nitrogen and oxygen atoms in total. The highest BCUT2D eigenvalue weighted by Gasteiger charge is 2.29. The molecule has 1 unspecified atom stereocenters. The van der Waals surface area contributed by atoms with E-state index in [4.69, 9.17) is 4.74 Å².